The van der Waals surface area contributed by atoms with Gasteiger partial charge in [-0.15, -0.1) is 0 Å². The van der Waals surface area contributed by atoms with E-state index in [1.165, 1.54) is 0 Å². The average Bonchev–Trinajstić information content (AvgIpc) is 2.24. The Hall–Kier alpha value is -0.630. The predicted octanol–water partition coefficient (Wildman–Crippen LogP) is 2.39. The summed E-state index contributed by atoms with van der Waals surface area (Å²) in [4.78, 5) is 3.78. The first-order valence-electron chi connectivity index (χ1n) is 3.85. The Morgan fingerprint density at radius 1 is 0.462 bits per heavy atom. The monoisotopic (exact) mass is 180 g/mol. The second-order valence-electron chi connectivity index (χ2n) is 2.18. The number of pyridine rings is 1. The molecule has 61 valence electrons. The summed E-state index contributed by atoms with van der Waals surface area (Å²) in [5.41, 5.74) is 0. The fraction of sp³-hybridized carbons (Fsp3) is 0. The summed E-state index contributed by atoms with van der Waals surface area (Å²) in [5, 5.41) is 0. The number of hydrogen-bond acceptors (Lipinski definition) is 1. The molecule has 0 atom stereocenters. The van der Waals surface area contributed by atoms with Crippen molar-refractivity contribution in [2.24, 2.45) is 0 Å². The summed E-state index contributed by atoms with van der Waals surface area (Å²) < 4.78 is 0. The third kappa shape index (κ3) is 7.72. The van der Waals surface area contributed by atoms with Crippen LogP contribution in [0.3, 0.4) is 0 Å². The van der Waals surface area contributed by atoms with Gasteiger partial charge in [0.1, 0.15) is 0 Å². The summed E-state index contributed by atoms with van der Waals surface area (Å²) in [6.07, 6.45) is 3.50. The van der Waals surface area contributed by atoms with Crippen LogP contribution >= 0.6 is 0 Å². The van der Waals surface area contributed by atoms with E-state index in [4.69, 9.17) is 0 Å². The van der Waals surface area contributed by atoms with Gasteiger partial charge >= 0.3 is 0 Å². The topological polar surface area (TPSA) is 12.9 Å². The molecule has 0 aliphatic heterocycles. The summed E-state index contributed by atoms with van der Waals surface area (Å²) in [7, 11) is 0. The Balaban J connectivity index is 0.000000206. The van der Waals surface area contributed by atoms with E-state index >= 15 is 0 Å². The van der Waals surface area contributed by atoms with Crippen LogP contribution in [0.2, 0.25) is 0 Å². The van der Waals surface area contributed by atoms with Crippen LogP contribution in [-0.4, -0.2) is 34.5 Å². The fourth-order valence-electron chi connectivity index (χ4n) is 0.698. The SMILES string of the molecule is [Na].c1ccccc1.c1ccncc1. The molecule has 0 aliphatic rings. The average molecular weight is 180 g/mol. The van der Waals surface area contributed by atoms with Gasteiger partial charge in [0.2, 0.25) is 0 Å². The van der Waals surface area contributed by atoms with Gasteiger partial charge in [0.15, 0.2) is 0 Å². The molecule has 1 nitrogen and oxygen atoms in total. The van der Waals surface area contributed by atoms with Crippen LogP contribution in [0.1, 0.15) is 0 Å². The van der Waals surface area contributed by atoms with Crippen LogP contribution in [-0.2, 0) is 0 Å². The second-order valence-corrected chi connectivity index (χ2v) is 2.18. The Bertz CT molecular complexity index is 185. The van der Waals surface area contributed by atoms with Crippen LogP contribution in [0, 0.1) is 0 Å². The normalized spacial score (nSPS) is 7.38. The molecule has 1 radical (unpaired) electrons. The number of benzene rings is 1. The third-order valence-electron chi connectivity index (χ3n) is 1.23. The Kier molecular flexibility index (Phi) is 9.00. The molecule has 13 heavy (non-hydrogen) atoms. The van der Waals surface area contributed by atoms with Crippen molar-refractivity contribution in [3.63, 3.8) is 0 Å². The molecule has 0 amide bonds. The maximum atomic E-state index is 3.78. The zero-order valence-electron chi connectivity index (χ0n) is 7.80. The molecule has 0 saturated heterocycles. The fourth-order valence-corrected chi connectivity index (χ4v) is 0.698. The summed E-state index contributed by atoms with van der Waals surface area (Å²) in [6.45, 7) is 0. The molecule has 1 aromatic heterocycles. The molecule has 2 rings (SSSR count). The molecule has 0 N–H and O–H groups in total. The van der Waals surface area contributed by atoms with Crippen LogP contribution in [0.25, 0.3) is 0 Å². The van der Waals surface area contributed by atoms with Crippen molar-refractivity contribution < 1.29 is 0 Å². The first-order chi connectivity index (χ1) is 6.00. The molecule has 0 spiro atoms. The minimum atomic E-state index is 0. The van der Waals surface area contributed by atoms with Gasteiger partial charge in [-0.1, -0.05) is 42.5 Å². The van der Waals surface area contributed by atoms with Crippen molar-refractivity contribution in [3.8, 4) is 0 Å². The van der Waals surface area contributed by atoms with Gasteiger partial charge in [-0.25, -0.2) is 0 Å². The van der Waals surface area contributed by atoms with Crippen molar-refractivity contribution in [1.82, 2.24) is 4.98 Å². The maximum absolute atomic E-state index is 3.78. The van der Waals surface area contributed by atoms with Crippen molar-refractivity contribution in [2.45, 2.75) is 0 Å². The molecule has 2 aromatic rings. The first kappa shape index (κ1) is 12.4. The van der Waals surface area contributed by atoms with Gasteiger partial charge in [0.05, 0.1) is 0 Å². The summed E-state index contributed by atoms with van der Waals surface area (Å²) >= 11 is 0. The first-order valence-corrected chi connectivity index (χ1v) is 3.85. The van der Waals surface area contributed by atoms with E-state index in [2.05, 4.69) is 4.98 Å². The zero-order chi connectivity index (χ0) is 8.49. The largest absolute Gasteiger partial charge is 0.265 e. The van der Waals surface area contributed by atoms with Gasteiger partial charge < -0.3 is 0 Å². The van der Waals surface area contributed by atoms with E-state index < -0.39 is 0 Å². The van der Waals surface area contributed by atoms with E-state index in [0.717, 1.165) is 0 Å². The van der Waals surface area contributed by atoms with Crippen LogP contribution in [0.15, 0.2) is 67.0 Å². The molecule has 0 saturated carbocycles. The Morgan fingerprint density at radius 3 is 0.923 bits per heavy atom. The molecule has 1 aromatic carbocycles. The molecule has 0 unspecified atom stereocenters. The van der Waals surface area contributed by atoms with Gasteiger partial charge in [-0.05, 0) is 12.1 Å². The molecule has 0 aliphatic carbocycles. The standard InChI is InChI=1S/C6H6.C5H5N.Na/c2*1-2-4-6-5-3-1;/h1-6H;1-5H;. The minimum Gasteiger partial charge on any atom is -0.265 e. The zero-order valence-corrected chi connectivity index (χ0v) is 9.80. The molecule has 2 heteroatoms. The van der Waals surface area contributed by atoms with Gasteiger partial charge in [0.25, 0.3) is 0 Å². The van der Waals surface area contributed by atoms with Crippen molar-refractivity contribution in [3.05, 3.63) is 67.0 Å². The quantitative estimate of drug-likeness (QED) is 0.567. The maximum Gasteiger partial charge on any atom is 0.0267 e. The molecule has 0 bridgehead atoms. The van der Waals surface area contributed by atoms with Crippen molar-refractivity contribution >= 4 is 29.6 Å². The van der Waals surface area contributed by atoms with Gasteiger partial charge in [-0.3, -0.25) is 4.98 Å². The van der Waals surface area contributed by atoms with E-state index in [9.17, 15) is 0 Å². The van der Waals surface area contributed by atoms with E-state index in [-0.39, 0.29) is 29.6 Å². The van der Waals surface area contributed by atoms with Crippen molar-refractivity contribution in [1.29, 1.82) is 0 Å². The van der Waals surface area contributed by atoms with E-state index in [1.54, 1.807) is 12.4 Å². The van der Waals surface area contributed by atoms with E-state index in [0.29, 0.717) is 0 Å². The van der Waals surface area contributed by atoms with Crippen LogP contribution < -0.4 is 0 Å². The second kappa shape index (κ2) is 9.46. The van der Waals surface area contributed by atoms with Crippen molar-refractivity contribution in [2.75, 3.05) is 0 Å². The Morgan fingerprint density at radius 2 is 0.769 bits per heavy atom. The third-order valence-corrected chi connectivity index (χ3v) is 1.23. The molecule has 0 fully saturated rings. The summed E-state index contributed by atoms with van der Waals surface area (Å²) in [6, 6.07) is 17.7. The minimum absolute atomic E-state index is 0. The van der Waals surface area contributed by atoms with E-state index in [1.807, 2.05) is 54.6 Å². The molecular weight excluding hydrogens is 169 g/mol. The van der Waals surface area contributed by atoms with Gasteiger partial charge in [-0.2, -0.15) is 0 Å². The number of nitrogens with zero attached hydrogens (tertiary/aromatic N) is 1. The Labute approximate surface area is 101 Å². The summed E-state index contributed by atoms with van der Waals surface area (Å²) in [5.74, 6) is 0. The number of aromatic nitrogens is 1. The smallest absolute Gasteiger partial charge is 0.0267 e. The number of hydrogen-bond donors (Lipinski definition) is 0. The molecule has 1 heterocycles. The number of rotatable bonds is 0. The van der Waals surface area contributed by atoms with Crippen LogP contribution in [0.5, 0.6) is 0 Å². The van der Waals surface area contributed by atoms with Crippen LogP contribution in [0.4, 0.5) is 0 Å². The van der Waals surface area contributed by atoms with Gasteiger partial charge in [0, 0.05) is 42.0 Å². The predicted molar refractivity (Wildman–Crippen MR) is 56.4 cm³/mol. The molecular formula is C11H11NNa.